The third-order valence-electron chi connectivity index (χ3n) is 4.84. The fourth-order valence-corrected chi connectivity index (χ4v) is 3.22. The summed E-state index contributed by atoms with van der Waals surface area (Å²) in [6, 6.07) is -0.653. The van der Waals surface area contributed by atoms with Crippen LogP contribution in [-0.2, 0) is 6.18 Å². The number of H-pyrrole nitrogens is 1. The number of likely N-dealkylation sites (N-methyl/N-ethyl adjacent to an activating group) is 1. The minimum Gasteiger partial charge on any atom is -0.373 e. The predicted octanol–water partition coefficient (Wildman–Crippen LogP) is 5.05. The van der Waals surface area contributed by atoms with Crippen molar-refractivity contribution >= 4 is 22.3 Å². The monoisotopic (exact) mass is 406 g/mol. The molecule has 0 amide bonds. The highest BCUT2D eigenvalue weighted by molar-refractivity contribution is 5.94. The normalized spacial score (nSPS) is 17.6. The highest BCUT2D eigenvalue weighted by atomic mass is 19.4. The van der Waals surface area contributed by atoms with Gasteiger partial charge in [-0.2, -0.15) is 26.3 Å². The standard InChI is InChI=1S/C18H20F6N4/c1-3-14(18(22,23)24)27-15-11-8-13(10-4-6-28(2)7-5-10)26-16(11)25-9-12(15)17(19,20)21/h4,8-9,14H,3,5-7H2,1-2H3,(H2,25,26,27)/t14-/m0/s1. The Labute approximate surface area is 157 Å². The maximum Gasteiger partial charge on any atom is 0.419 e. The SMILES string of the molecule is CC[C@H](Nc1c(C(F)(F)F)cnc2[nH]c(C3=CCN(C)CC3)cc12)C(F)(F)F. The summed E-state index contributed by atoms with van der Waals surface area (Å²) in [5.74, 6) is 0. The van der Waals surface area contributed by atoms with E-state index >= 15 is 0 Å². The third-order valence-corrected chi connectivity index (χ3v) is 4.84. The molecule has 2 aromatic rings. The van der Waals surface area contributed by atoms with E-state index in [0.29, 0.717) is 24.9 Å². The molecule has 1 aliphatic heterocycles. The molecule has 3 rings (SSSR count). The van der Waals surface area contributed by atoms with Crippen molar-refractivity contribution in [3.8, 4) is 0 Å². The van der Waals surface area contributed by atoms with E-state index in [4.69, 9.17) is 0 Å². The van der Waals surface area contributed by atoms with Gasteiger partial charge in [0.1, 0.15) is 11.7 Å². The molecular weight excluding hydrogens is 386 g/mol. The van der Waals surface area contributed by atoms with Crippen molar-refractivity contribution in [2.75, 3.05) is 25.5 Å². The van der Waals surface area contributed by atoms with Crippen LogP contribution in [0.25, 0.3) is 16.6 Å². The first-order valence-corrected chi connectivity index (χ1v) is 8.80. The van der Waals surface area contributed by atoms with Crippen LogP contribution in [0.3, 0.4) is 0 Å². The number of pyridine rings is 1. The van der Waals surface area contributed by atoms with Crippen LogP contribution >= 0.6 is 0 Å². The van der Waals surface area contributed by atoms with Crippen LogP contribution in [0.5, 0.6) is 0 Å². The second-order valence-corrected chi connectivity index (χ2v) is 6.88. The summed E-state index contributed by atoms with van der Waals surface area (Å²) < 4.78 is 79.9. The summed E-state index contributed by atoms with van der Waals surface area (Å²) in [7, 11) is 1.94. The molecule has 0 spiro atoms. The molecule has 1 aliphatic rings. The minimum absolute atomic E-state index is 0.00708. The molecule has 0 radical (unpaired) electrons. The zero-order valence-corrected chi connectivity index (χ0v) is 15.3. The van der Waals surface area contributed by atoms with Gasteiger partial charge < -0.3 is 15.2 Å². The Bertz CT molecular complexity index is 881. The van der Waals surface area contributed by atoms with Crippen LogP contribution in [0.4, 0.5) is 32.0 Å². The maximum absolute atomic E-state index is 13.4. The van der Waals surface area contributed by atoms with Gasteiger partial charge in [-0.15, -0.1) is 0 Å². The molecule has 28 heavy (non-hydrogen) atoms. The van der Waals surface area contributed by atoms with E-state index in [1.165, 1.54) is 13.0 Å². The number of rotatable bonds is 4. The Morgan fingerprint density at radius 2 is 1.96 bits per heavy atom. The van der Waals surface area contributed by atoms with Gasteiger partial charge in [0, 0.05) is 30.4 Å². The van der Waals surface area contributed by atoms with Gasteiger partial charge in [-0.25, -0.2) is 4.98 Å². The van der Waals surface area contributed by atoms with Crippen molar-refractivity contribution in [2.24, 2.45) is 0 Å². The lowest BCUT2D eigenvalue weighted by atomic mass is 10.0. The number of halogens is 6. The Morgan fingerprint density at radius 3 is 2.50 bits per heavy atom. The minimum atomic E-state index is -4.84. The van der Waals surface area contributed by atoms with Gasteiger partial charge in [-0.05, 0) is 31.5 Å². The van der Waals surface area contributed by atoms with Crippen LogP contribution in [0.2, 0.25) is 0 Å². The lowest BCUT2D eigenvalue weighted by molar-refractivity contribution is -0.144. The summed E-state index contributed by atoms with van der Waals surface area (Å²) in [6.07, 6.45) is -6.73. The second kappa shape index (κ2) is 7.31. The van der Waals surface area contributed by atoms with Gasteiger partial charge in [0.05, 0.1) is 11.3 Å². The first-order valence-electron chi connectivity index (χ1n) is 8.80. The number of hydrogen-bond donors (Lipinski definition) is 2. The van der Waals surface area contributed by atoms with Crippen LogP contribution < -0.4 is 5.32 Å². The summed E-state index contributed by atoms with van der Waals surface area (Å²) >= 11 is 0. The summed E-state index contributed by atoms with van der Waals surface area (Å²) in [6.45, 7) is 2.73. The first-order chi connectivity index (χ1) is 13.0. The lowest BCUT2D eigenvalue weighted by Crippen LogP contribution is -2.36. The zero-order chi connectivity index (χ0) is 20.7. The molecule has 0 saturated heterocycles. The van der Waals surface area contributed by atoms with Crippen LogP contribution in [-0.4, -0.2) is 47.2 Å². The Hall–Kier alpha value is -2.23. The quantitative estimate of drug-likeness (QED) is 0.699. The molecule has 2 N–H and O–H groups in total. The molecule has 0 bridgehead atoms. The van der Waals surface area contributed by atoms with Crippen molar-refractivity contribution in [1.29, 1.82) is 0 Å². The van der Waals surface area contributed by atoms with E-state index in [-0.39, 0.29) is 11.0 Å². The summed E-state index contributed by atoms with van der Waals surface area (Å²) in [5, 5.41) is 2.07. The van der Waals surface area contributed by atoms with Crippen molar-refractivity contribution in [3.05, 3.63) is 29.6 Å². The number of fused-ring (bicyclic) bond motifs is 1. The van der Waals surface area contributed by atoms with Gasteiger partial charge >= 0.3 is 12.4 Å². The van der Waals surface area contributed by atoms with Crippen molar-refractivity contribution in [3.63, 3.8) is 0 Å². The molecule has 0 saturated carbocycles. The molecule has 4 nitrogen and oxygen atoms in total. The summed E-state index contributed by atoms with van der Waals surface area (Å²) in [5.41, 5.74) is -0.234. The average molecular weight is 406 g/mol. The second-order valence-electron chi connectivity index (χ2n) is 6.88. The highest BCUT2D eigenvalue weighted by Crippen LogP contribution is 2.40. The molecule has 154 valence electrons. The fraction of sp³-hybridized carbons (Fsp3) is 0.500. The van der Waals surface area contributed by atoms with Gasteiger partial charge in [-0.3, -0.25) is 0 Å². The van der Waals surface area contributed by atoms with Crippen LogP contribution in [0.15, 0.2) is 18.3 Å². The average Bonchev–Trinajstić information content (AvgIpc) is 3.02. The number of aromatic nitrogens is 2. The molecule has 1 atom stereocenters. The molecule has 0 unspecified atom stereocenters. The van der Waals surface area contributed by atoms with Crippen molar-refractivity contribution in [2.45, 2.75) is 38.2 Å². The molecule has 3 heterocycles. The molecule has 0 fully saturated rings. The van der Waals surface area contributed by atoms with Crippen molar-refractivity contribution < 1.29 is 26.3 Å². The van der Waals surface area contributed by atoms with E-state index < -0.39 is 36.1 Å². The Kier molecular flexibility index (Phi) is 5.35. The topological polar surface area (TPSA) is 44.0 Å². The Morgan fingerprint density at radius 1 is 1.25 bits per heavy atom. The fourth-order valence-electron chi connectivity index (χ4n) is 3.22. The number of alkyl halides is 6. The van der Waals surface area contributed by atoms with Gasteiger partial charge in [0.2, 0.25) is 0 Å². The van der Waals surface area contributed by atoms with Crippen LogP contribution in [0.1, 0.15) is 31.0 Å². The highest BCUT2D eigenvalue weighted by Gasteiger charge is 2.41. The third kappa shape index (κ3) is 4.11. The van der Waals surface area contributed by atoms with E-state index in [2.05, 4.69) is 20.2 Å². The largest absolute Gasteiger partial charge is 0.419 e. The van der Waals surface area contributed by atoms with E-state index in [1.807, 2.05) is 13.1 Å². The smallest absolute Gasteiger partial charge is 0.373 e. The van der Waals surface area contributed by atoms with E-state index in [1.54, 1.807) is 0 Å². The first kappa shape index (κ1) is 20.5. The molecule has 0 aliphatic carbocycles. The van der Waals surface area contributed by atoms with Crippen LogP contribution in [0, 0.1) is 0 Å². The van der Waals surface area contributed by atoms with Crippen molar-refractivity contribution in [1.82, 2.24) is 14.9 Å². The maximum atomic E-state index is 13.4. The number of hydrogen-bond acceptors (Lipinski definition) is 3. The van der Waals surface area contributed by atoms with Gasteiger partial charge in [0.25, 0.3) is 0 Å². The Balaban J connectivity index is 2.12. The number of nitrogens with zero attached hydrogens (tertiary/aromatic N) is 2. The molecule has 10 heteroatoms. The van der Waals surface area contributed by atoms with E-state index in [9.17, 15) is 26.3 Å². The number of aromatic amines is 1. The van der Waals surface area contributed by atoms with Gasteiger partial charge in [-0.1, -0.05) is 13.0 Å². The molecule has 2 aromatic heterocycles. The number of anilines is 1. The zero-order valence-electron chi connectivity index (χ0n) is 15.3. The predicted molar refractivity (Wildman–Crippen MR) is 94.9 cm³/mol. The molecule has 0 aromatic carbocycles. The lowest BCUT2D eigenvalue weighted by Gasteiger charge is -2.24. The number of nitrogens with one attached hydrogen (secondary N) is 2. The molecular formula is C18H20F6N4. The van der Waals surface area contributed by atoms with E-state index in [0.717, 1.165) is 12.1 Å². The van der Waals surface area contributed by atoms with Gasteiger partial charge in [0.15, 0.2) is 0 Å². The summed E-state index contributed by atoms with van der Waals surface area (Å²) in [4.78, 5) is 8.82.